The van der Waals surface area contributed by atoms with E-state index in [2.05, 4.69) is 30.0 Å². The van der Waals surface area contributed by atoms with Gasteiger partial charge in [-0.05, 0) is 43.5 Å². The number of amides is 1. The summed E-state index contributed by atoms with van der Waals surface area (Å²) in [7, 11) is 1.59. The maximum absolute atomic E-state index is 12.7. The Balaban J connectivity index is 1.58. The smallest absolute Gasteiger partial charge is 0.246 e. The van der Waals surface area contributed by atoms with Crippen LogP contribution in [0.25, 0.3) is 6.08 Å². The molecule has 1 fully saturated rings. The molecule has 1 amide bonds. The van der Waals surface area contributed by atoms with Crippen molar-refractivity contribution in [2.75, 3.05) is 33.3 Å². The third-order valence-corrected chi connectivity index (χ3v) is 5.94. The summed E-state index contributed by atoms with van der Waals surface area (Å²) in [5.41, 5.74) is 2.56. The van der Waals surface area contributed by atoms with Crippen molar-refractivity contribution in [1.29, 1.82) is 5.26 Å². The summed E-state index contributed by atoms with van der Waals surface area (Å²) in [6, 6.07) is 7.82. The van der Waals surface area contributed by atoms with Gasteiger partial charge in [-0.2, -0.15) is 5.26 Å². The first-order valence-electron chi connectivity index (χ1n) is 11.2. The second-order valence-corrected chi connectivity index (χ2v) is 8.51. The van der Waals surface area contributed by atoms with E-state index < -0.39 is 0 Å². The summed E-state index contributed by atoms with van der Waals surface area (Å²) in [5.74, 6) is 2.15. The van der Waals surface area contributed by atoms with Crippen molar-refractivity contribution in [3.8, 4) is 17.6 Å². The predicted molar refractivity (Wildman–Crippen MR) is 125 cm³/mol. The highest BCUT2D eigenvalue weighted by molar-refractivity contribution is 5.92. The lowest BCUT2D eigenvalue weighted by molar-refractivity contribution is -0.127. The molecule has 0 aliphatic carbocycles. The number of nitrogens with zero attached hydrogens (tertiary/aromatic N) is 4. The fourth-order valence-electron chi connectivity index (χ4n) is 3.91. The Morgan fingerprint density at radius 3 is 2.55 bits per heavy atom. The first-order valence-corrected chi connectivity index (χ1v) is 11.2. The molecule has 2 heterocycles. The summed E-state index contributed by atoms with van der Waals surface area (Å²) in [5, 5.41) is 13.3. The highest BCUT2D eigenvalue weighted by Crippen LogP contribution is 2.30. The van der Waals surface area contributed by atoms with Crippen LogP contribution < -0.4 is 9.47 Å². The maximum atomic E-state index is 12.7. The number of nitriles is 1. The van der Waals surface area contributed by atoms with Crippen molar-refractivity contribution in [3.63, 3.8) is 0 Å². The monoisotopic (exact) mass is 452 g/mol. The highest BCUT2D eigenvalue weighted by atomic mass is 16.5. The average Bonchev–Trinajstić information content (AvgIpc) is 3.14. The fraction of sp³-hybridized carbons (Fsp3) is 0.480. The molecule has 8 nitrogen and oxygen atoms in total. The molecule has 0 radical (unpaired) electrons. The van der Waals surface area contributed by atoms with Crippen molar-refractivity contribution in [2.45, 2.75) is 40.3 Å². The van der Waals surface area contributed by atoms with E-state index in [9.17, 15) is 10.1 Å². The van der Waals surface area contributed by atoms with E-state index in [0.29, 0.717) is 44.3 Å². The lowest BCUT2D eigenvalue weighted by Crippen LogP contribution is -2.52. The summed E-state index contributed by atoms with van der Waals surface area (Å²) in [6.07, 6.45) is 3.36. The molecule has 2 aromatic rings. The minimum atomic E-state index is -0.108. The second-order valence-electron chi connectivity index (χ2n) is 8.51. The van der Waals surface area contributed by atoms with Crippen LogP contribution in [0, 0.1) is 31.1 Å². The molecule has 0 saturated carbocycles. The van der Waals surface area contributed by atoms with Gasteiger partial charge in [0.1, 0.15) is 18.4 Å². The van der Waals surface area contributed by atoms with Crippen molar-refractivity contribution in [1.82, 2.24) is 15.0 Å². The molecule has 3 rings (SSSR count). The number of rotatable bonds is 8. The number of methoxy groups -OCH3 is 1. The van der Waals surface area contributed by atoms with Crippen LogP contribution >= 0.6 is 0 Å². The van der Waals surface area contributed by atoms with E-state index in [-0.39, 0.29) is 17.9 Å². The molecule has 0 bridgehead atoms. The molecule has 1 aromatic carbocycles. The number of carbonyl (C=O) groups excluding carboxylic acids is 1. The number of piperazine rings is 1. The molecular weight excluding hydrogens is 420 g/mol. The average molecular weight is 453 g/mol. The van der Waals surface area contributed by atoms with Crippen LogP contribution in [-0.2, 0) is 11.4 Å². The van der Waals surface area contributed by atoms with Crippen molar-refractivity contribution in [2.24, 2.45) is 5.92 Å². The molecule has 176 valence electrons. The van der Waals surface area contributed by atoms with Gasteiger partial charge in [0, 0.05) is 32.3 Å². The predicted octanol–water partition coefficient (Wildman–Crippen LogP) is 3.58. The van der Waals surface area contributed by atoms with Crippen LogP contribution in [0.5, 0.6) is 11.5 Å². The molecule has 0 N–H and O–H groups in total. The third-order valence-electron chi connectivity index (χ3n) is 5.94. The molecule has 1 aliphatic rings. The molecule has 33 heavy (non-hydrogen) atoms. The Hall–Kier alpha value is -3.31. The van der Waals surface area contributed by atoms with Crippen LogP contribution in [0.4, 0.5) is 0 Å². The van der Waals surface area contributed by atoms with Gasteiger partial charge in [0.2, 0.25) is 5.91 Å². The first kappa shape index (κ1) is 24.3. The molecule has 1 aromatic heterocycles. The van der Waals surface area contributed by atoms with Gasteiger partial charge < -0.3 is 18.9 Å². The summed E-state index contributed by atoms with van der Waals surface area (Å²) < 4.78 is 16.6. The van der Waals surface area contributed by atoms with E-state index >= 15 is 0 Å². The van der Waals surface area contributed by atoms with Crippen molar-refractivity contribution in [3.05, 3.63) is 46.9 Å². The number of benzene rings is 1. The second kappa shape index (κ2) is 11.0. The van der Waals surface area contributed by atoms with Gasteiger partial charge in [-0.1, -0.05) is 25.1 Å². The Bertz CT molecular complexity index is 1010. The van der Waals surface area contributed by atoms with Crippen LogP contribution in [0.2, 0.25) is 0 Å². The quantitative estimate of drug-likeness (QED) is 0.565. The van der Waals surface area contributed by atoms with Crippen LogP contribution in [0.1, 0.15) is 36.4 Å². The lowest BCUT2D eigenvalue weighted by atomic mass is 10.0. The van der Waals surface area contributed by atoms with Gasteiger partial charge in [-0.3, -0.25) is 9.69 Å². The molecule has 1 atom stereocenters. The number of aromatic nitrogens is 1. The van der Waals surface area contributed by atoms with Crippen LogP contribution in [0.3, 0.4) is 0 Å². The van der Waals surface area contributed by atoms with Crippen molar-refractivity contribution < 1.29 is 18.8 Å². The molecule has 1 unspecified atom stereocenters. The Morgan fingerprint density at radius 2 is 1.97 bits per heavy atom. The standard InChI is InChI=1S/C25H32N4O4/c1-17(2)22(15-26)28-10-12-29(13-11-28)25(30)9-7-20-6-8-23(24(14-20)31-5)32-16-21-18(3)27-33-19(21)4/h6-9,14,17,22H,10-13,16H2,1-5H3/b9-7+. The van der Waals surface area contributed by atoms with E-state index in [1.54, 1.807) is 19.3 Å². The normalized spacial score (nSPS) is 15.6. The first-order chi connectivity index (χ1) is 15.8. The highest BCUT2D eigenvalue weighted by Gasteiger charge is 2.27. The summed E-state index contributed by atoms with van der Waals surface area (Å²) in [6.45, 7) is 10.8. The minimum absolute atomic E-state index is 0.0367. The van der Waals surface area contributed by atoms with Gasteiger partial charge in [-0.25, -0.2) is 0 Å². The number of hydrogen-bond acceptors (Lipinski definition) is 7. The van der Waals surface area contributed by atoms with Crippen LogP contribution in [-0.4, -0.2) is 60.2 Å². The van der Waals surface area contributed by atoms with Gasteiger partial charge >= 0.3 is 0 Å². The molecule has 1 saturated heterocycles. The van der Waals surface area contributed by atoms with E-state index in [1.165, 1.54) is 0 Å². The van der Waals surface area contributed by atoms with Gasteiger partial charge in [0.25, 0.3) is 0 Å². The van der Waals surface area contributed by atoms with E-state index in [4.69, 9.17) is 14.0 Å². The summed E-state index contributed by atoms with van der Waals surface area (Å²) in [4.78, 5) is 16.6. The zero-order valence-corrected chi connectivity index (χ0v) is 20.0. The van der Waals surface area contributed by atoms with Gasteiger partial charge in [-0.15, -0.1) is 0 Å². The number of aryl methyl sites for hydroxylation is 2. The van der Waals surface area contributed by atoms with Gasteiger partial charge in [0.05, 0.1) is 24.4 Å². The Kier molecular flexibility index (Phi) is 8.12. The largest absolute Gasteiger partial charge is 0.493 e. The van der Waals surface area contributed by atoms with E-state index in [0.717, 1.165) is 22.6 Å². The zero-order valence-electron chi connectivity index (χ0n) is 20.0. The Morgan fingerprint density at radius 1 is 1.24 bits per heavy atom. The van der Waals surface area contributed by atoms with Crippen molar-refractivity contribution >= 4 is 12.0 Å². The number of hydrogen-bond donors (Lipinski definition) is 0. The topological polar surface area (TPSA) is 91.8 Å². The Labute approximate surface area is 195 Å². The fourth-order valence-corrected chi connectivity index (χ4v) is 3.91. The SMILES string of the molecule is COc1cc(/C=C/C(=O)N2CCN(C(C#N)C(C)C)CC2)ccc1OCc1c(C)noc1C. The zero-order chi connectivity index (χ0) is 24.0. The number of ether oxygens (including phenoxy) is 2. The van der Waals surface area contributed by atoms with E-state index in [1.807, 2.05) is 36.9 Å². The molecule has 1 aliphatic heterocycles. The third kappa shape index (κ3) is 5.93. The van der Waals surface area contributed by atoms with Crippen LogP contribution in [0.15, 0.2) is 28.8 Å². The number of carbonyl (C=O) groups is 1. The summed E-state index contributed by atoms with van der Waals surface area (Å²) >= 11 is 0. The molecule has 8 heteroatoms. The van der Waals surface area contributed by atoms with Gasteiger partial charge in [0.15, 0.2) is 11.5 Å². The molecular formula is C25H32N4O4. The molecule has 0 spiro atoms. The minimum Gasteiger partial charge on any atom is -0.493 e. The maximum Gasteiger partial charge on any atom is 0.246 e. The lowest BCUT2D eigenvalue weighted by Gasteiger charge is -2.37.